The predicted molar refractivity (Wildman–Crippen MR) is 102 cm³/mol. The van der Waals surface area contributed by atoms with Crippen LogP contribution in [-0.2, 0) is 11.3 Å². The molecule has 0 N–H and O–H groups in total. The molecule has 0 unspecified atom stereocenters. The van der Waals surface area contributed by atoms with E-state index in [1.54, 1.807) is 25.3 Å². The summed E-state index contributed by atoms with van der Waals surface area (Å²) < 4.78 is 21.4. The summed E-state index contributed by atoms with van der Waals surface area (Å²) in [7, 11) is 4.37. The average molecular weight is 388 g/mol. The molecule has 0 aliphatic rings. The maximum atomic E-state index is 12.0. The molecule has 0 atom stereocenters. The highest BCUT2D eigenvalue weighted by Gasteiger charge is 2.17. The molecule has 0 bridgehead atoms. The van der Waals surface area contributed by atoms with Crippen molar-refractivity contribution in [2.45, 2.75) is 6.61 Å². The van der Waals surface area contributed by atoms with Gasteiger partial charge in [0.1, 0.15) is 12.4 Å². The number of nitrogens with zero attached hydrogens (tertiary/aromatic N) is 1. The minimum Gasteiger partial charge on any atom is -0.493 e. The summed E-state index contributed by atoms with van der Waals surface area (Å²) in [6, 6.07) is 12.4. The molecule has 3 rings (SSSR count). The van der Waals surface area contributed by atoms with Gasteiger partial charge in [0.15, 0.2) is 17.2 Å². The number of methoxy groups -OCH3 is 3. The Morgan fingerprint density at radius 1 is 1.00 bits per heavy atom. The van der Waals surface area contributed by atoms with E-state index in [0.29, 0.717) is 33.2 Å². The van der Waals surface area contributed by atoms with E-state index in [9.17, 15) is 4.79 Å². The molecule has 2 aromatic carbocycles. The van der Waals surface area contributed by atoms with Crippen LogP contribution in [0.4, 0.5) is 0 Å². The summed E-state index contributed by atoms with van der Waals surface area (Å²) in [6.07, 6.45) is 0. The van der Waals surface area contributed by atoms with Gasteiger partial charge in [-0.3, -0.25) is 0 Å². The van der Waals surface area contributed by atoms with Crippen molar-refractivity contribution in [3.05, 3.63) is 58.7 Å². The third-order valence-corrected chi connectivity index (χ3v) is 4.38. The van der Waals surface area contributed by atoms with Crippen molar-refractivity contribution in [1.82, 2.24) is 4.98 Å². The summed E-state index contributed by atoms with van der Waals surface area (Å²) >= 11 is 6.20. The number of pyridine rings is 1. The Balaban J connectivity index is 2.09. The van der Waals surface area contributed by atoms with Gasteiger partial charge < -0.3 is 18.9 Å². The average Bonchev–Trinajstić information content (AvgIpc) is 2.70. The number of rotatable bonds is 6. The summed E-state index contributed by atoms with van der Waals surface area (Å²) in [5, 5.41) is 1.27. The Labute approximate surface area is 161 Å². The van der Waals surface area contributed by atoms with E-state index < -0.39 is 5.97 Å². The Hall–Kier alpha value is -2.99. The van der Waals surface area contributed by atoms with Crippen LogP contribution in [0.5, 0.6) is 17.2 Å². The summed E-state index contributed by atoms with van der Waals surface area (Å²) in [6.45, 7) is 0.230. The van der Waals surface area contributed by atoms with Gasteiger partial charge in [0, 0.05) is 28.1 Å². The quantitative estimate of drug-likeness (QED) is 0.588. The normalized spacial score (nSPS) is 10.5. The number of carbonyl (C=O) groups excluding carboxylic acids is 1. The maximum absolute atomic E-state index is 12.0. The highest BCUT2D eigenvalue weighted by molar-refractivity contribution is 6.31. The Morgan fingerprint density at radius 2 is 1.70 bits per heavy atom. The van der Waals surface area contributed by atoms with Crippen molar-refractivity contribution >= 4 is 28.5 Å². The van der Waals surface area contributed by atoms with Gasteiger partial charge in [-0.05, 0) is 12.1 Å². The number of hydrogen-bond donors (Lipinski definition) is 0. The zero-order valence-electron chi connectivity index (χ0n) is 15.1. The van der Waals surface area contributed by atoms with E-state index in [-0.39, 0.29) is 12.3 Å². The first-order valence-corrected chi connectivity index (χ1v) is 8.46. The molecule has 1 heterocycles. The minimum absolute atomic E-state index is 0.131. The SMILES string of the molecule is COC(=O)c1cc(OCc2ccccc2Cl)c2cc(OC)c(OC)cc2n1. The molecule has 0 radical (unpaired) electrons. The number of halogens is 1. The summed E-state index contributed by atoms with van der Waals surface area (Å²) in [5.41, 5.74) is 1.47. The number of hydrogen-bond acceptors (Lipinski definition) is 6. The molecule has 0 fully saturated rings. The fraction of sp³-hybridized carbons (Fsp3) is 0.200. The highest BCUT2D eigenvalue weighted by atomic mass is 35.5. The van der Waals surface area contributed by atoms with Crippen molar-refractivity contribution in [1.29, 1.82) is 0 Å². The second-order valence-corrected chi connectivity index (χ2v) is 6.01. The molecule has 0 saturated carbocycles. The first-order chi connectivity index (χ1) is 13.1. The second kappa shape index (κ2) is 8.14. The zero-order valence-corrected chi connectivity index (χ0v) is 15.9. The zero-order chi connectivity index (χ0) is 19.4. The molecule has 0 amide bonds. The Bertz CT molecular complexity index is 990. The molecule has 0 spiro atoms. The minimum atomic E-state index is -0.561. The van der Waals surface area contributed by atoms with E-state index in [1.807, 2.05) is 18.2 Å². The van der Waals surface area contributed by atoms with Gasteiger partial charge in [0.05, 0.1) is 26.8 Å². The molecular weight excluding hydrogens is 370 g/mol. The van der Waals surface area contributed by atoms with Crippen LogP contribution in [-0.4, -0.2) is 32.3 Å². The van der Waals surface area contributed by atoms with Gasteiger partial charge >= 0.3 is 5.97 Å². The van der Waals surface area contributed by atoms with Crippen molar-refractivity contribution in [3.8, 4) is 17.2 Å². The molecule has 6 nitrogen and oxygen atoms in total. The van der Waals surface area contributed by atoms with E-state index in [1.165, 1.54) is 20.3 Å². The monoisotopic (exact) mass is 387 g/mol. The number of fused-ring (bicyclic) bond motifs is 1. The highest BCUT2D eigenvalue weighted by Crippen LogP contribution is 2.36. The topological polar surface area (TPSA) is 66.9 Å². The lowest BCUT2D eigenvalue weighted by Gasteiger charge is -2.14. The first-order valence-electron chi connectivity index (χ1n) is 8.08. The van der Waals surface area contributed by atoms with Gasteiger partial charge in [0.2, 0.25) is 0 Å². The van der Waals surface area contributed by atoms with Crippen LogP contribution < -0.4 is 14.2 Å². The molecule has 27 heavy (non-hydrogen) atoms. The third-order valence-electron chi connectivity index (χ3n) is 4.01. The van der Waals surface area contributed by atoms with Crippen LogP contribution in [0.1, 0.15) is 16.1 Å². The van der Waals surface area contributed by atoms with Crippen molar-refractivity contribution in [2.24, 2.45) is 0 Å². The molecule has 3 aromatic rings. The van der Waals surface area contributed by atoms with E-state index in [4.69, 9.17) is 30.5 Å². The van der Waals surface area contributed by atoms with Crippen LogP contribution >= 0.6 is 11.6 Å². The number of aromatic nitrogens is 1. The van der Waals surface area contributed by atoms with E-state index >= 15 is 0 Å². The molecule has 0 saturated heterocycles. The van der Waals surface area contributed by atoms with Gasteiger partial charge in [-0.1, -0.05) is 29.8 Å². The van der Waals surface area contributed by atoms with Crippen molar-refractivity contribution < 1.29 is 23.7 Å². The molecule has 1 aromatic heterocycles. The fourth-order valence-electron chi connectivity index (χ4n) is 2.62. The molecule has 140 valence electrons. The summed E-state index contributed by atoms with van der Waals surface area (Å²) in [4.78, 5) is 16.3. The van der Waals surface area contributed by atoms with Crippen molar-refractivity contribution in [2.75, 3.05) is 21.3 Å². The second-order valence-electron chi connectivity index (χ2n) is 5.60. The van der Waals surface area contributed by atoms with Crippen LogP contribution in [0.25, 0.3) is 10.9 Å². The van der Waals surface area contributed by atoms with Gasteiger partial charge in [-0.2, -0.15) is 0 Å². The third kappa shape index (κ3) is 3.90. The lowest BCUT2D eigenvalue weighted by atomic mass is 10.1. The van der Waals surface area contributed by atoms with Crippen LogP contribution in [0.3, 0.4) is 0 Å². The maximum Gasteiger partial charge on any atom is 0.356 e. The van der Waals surface area contributed by atoms with Crippen LogP contribution in [0.15, 0.2) is 42.5 Å². The standard InChI is InChI=1S/C20H18ClNO5/c1-24-18-8-13-15(9-19(18)25-2)22-16(20(23)26-3)10-17(13)27-11-12-6-4-5-7-14(12)21/h4-10H,11H2,1-3H3. The smallest absolute Gasteiger partial charge is 0.356 e. The van der Waals surface area contributed by atoms with Gasteiger partial charge in [-0.25, -0.2) is 9.78 Å². The largest absolute Gasteiger partial charge is 0.493 e. The van der Waals surface area contributed by atoms with E-state index in [2.05, 4.69) is 4.98 Å². The first kappa shape index (κ1) is 18.8. The number of carbonyl (C=O) groups is 1. The van der Waals surface area contributed by atoms with Gasteiger partial charge in [-0.15, -0.1) is 0 Å². The predicted octanol–water partition coefficient (Wildman–Crippen LogP) is 4.27. The summed E-state index contributed by atoms with van der Waals surface area (Å²) in [5.74, 6) is 0.923. The number of ether oxygens (including phenoxy) is 4. The molecule has 0 aliphatic heterocycles. The fourth-order valence-corrected chi connectivity index (χ4v) is 2.81. The Morgan fingerprint density at radius 3 is 2.37 bits per heavy atom. The van der Waals surface area contributed by atoms with Crippen LogP contribution in [0, 0.1) is 0 Å². The molecule has 7 heteroatoms. The lowest BCUT2D eigenvalue weighted by molar-refractivity contribution is 0.0594. The number of benzene rings is 2. The number of esters is 1. The van der Waals surface area contributed by atoms with Crippen molar-refractivity contribution in [3.63, 3.8) is 0 Å². The Kier molecular flexibility index (Phi) is 5.66. The van der Waals surface area contributed by atoms with Crippen LogP contribution in [0.2, 0.25) is 5.02 Å². The lowest BCUT2D eigenvalue weighted by Crippen LogP contribution is -2.06. The molecule has 0 aliphatic carbocycles. The molecular formula is C20H18ClNO5. The van der Waals surface area contributed by atoms with E-state index in [0.717, 1.165) is 5.56 Å². The van der Waals surface area contributed by atoms with Gasteiger partial charge in [0.25, 0.3) is 0 Å².